The van der Waals surface area contributed by atoms with E-state index in [9.17, 15) is 0 Å². The van der Waals surface area contributed by atoms with E-state index < -0.39 is 0 Å². The number of halogens is 2. The third-order valence-corrected chi connectivity index (χ3v) is 8.46. The Hall–Kier alpha value is -3.24. The van der Waals surface area contributed by atoms with Gasteiger partial charge >= 0.3 is 0 Å². The molecule has 5 aromatic rings. The molecule has 228 valence electrons. The highest BCUT2D eigenvalue weighted by Crippen LogP contribution is 2.34. The van der Waals surface area contributed by atoms with Gasteiger partial charge in [-0.15, -0.1) is 10.2 Å². The highest BCUT2D eigenvalue weighted by molar-refractivity contribution is 6.30. The second-order valence-electron chi connectivity index (χ2n) is 10.7. The van der Waals surface area contributed by atoms with E-state index >= 15 is 0 Å². The topological polar surface area (TPSA) is 76.6 Å². The smallest absolute Gasteiger partial charge is 0.258 e. The zero-order chi connectivity index (χ0) is 30.5. The highest BCUT2D eigenvalue weighted by atomic mass is 35.5. The molecule has 2 aliphatic heterocycles. The second-order valence-corrected chi connectivity index (χ2v) is 11.6. The molecule has 2 fully saturated rings. The SMILES string of the molecule is C1CCOC1.CC.Cc1nc2c(N3CCN(C(c4ccc(Cl)cc4)c4ccc(Cl)cc4)CC3C)nc3nncn3c2n1C. The van der Waals surface area contributed by atoms with Crippen molar-refractivity contribution in [2.24, 2.45) is 7.05 Å². The van der Waals surface area contributed by atoms with E-state index in [1.54, 1.807) is 6.33 Å². The minimum atomic E-state index is 0.0909. The van der Waals surface area contributed by atoms with Gasteiger partial charge in [0.05, 0.1) is 6.04 Å². The summed E-state index contributed by atoms with van der Waals surface area (Å²) >= 11 is 12.4. The third kappa shape index (κ3) is 6.65. The number of aromatic nitrogens is 6. The van der Waals surface area contributed by atoms with Crippen molar-refractivity contribution >= 4 is 46.0 Å². The molecule has 0 N–H and O–H groups in total. The lowest BCUT2D eigenvalue weighted by Crippen LogP contribution is -2.53. The molecule has 2 aliphatic rings. The van der Waals surface area contributed by atoms with E-state index in [2.05, 4.69) is 55.8 Å². The molecule has 43 heavy (non-hydrogen) atoms. The summed E-state index contributed by atoms with van der Waals surface area (Å²) in [5.41, 5.74) is 4.23. The molecule has 2 aromatic carbocycles. The summed E-state index contributed by atoms with van der Waals surface area (Å²) in [4.78, 5) is 14.6. The first-order valence-electron chi connectivity index (χ1n) is 15.0. The lowest BCUT2D eigenvalue weighted by Gasteiger charge is -2.44. The van der Waals surface area contributed by atoms with Crippen LogP contribution in [0.1, 0.15) is 56.6 Å². The molecular formula is C32H40Cl2N8O. The molecule has 0 saturated carbocycles. The van der Waals surface area contributed by atoms with Crippen molar-refractivity contribution < 1.29 is 4.74 Å². The van der Waals surface area contributed by atoms with Gasteiger partial charge in [0.15, 0.2) is 11.5 Å². The van der Waals surface area contributed by atoms with Crippen LogP contribution in [-0.2, 0) is 11.8 Å². The molecule has 3 aromatic heterocycles. The van der Waals surface area contributed by atoms with Crippen LogP contribution in [0.3, 0.4) is 0 Å². The maximum atomic E-state index is 6.21. The van der Waals surface area contributed by atoms with Crippen LogP contribution < -0.4 is 4.90 Å². The molecule has 7 rings (SSSR count). The first kappa shape index (κ1) is 31.2. The molecule has 1 atom stereocenters. The predicted octanol–water partition coefficient (Wildman–Crippen LogP) is 6.75. The number of fused-ring (bicyclic) bond motifs is 3. The molecule has 0 bridgehead atoms. The lowest BCUT2D eigenvalue weighted by atomic mass is 9.95. The number of ether oxygens (including phenoxy) is 1. The number of imidazole rings is 1. The molecule has 5 heterocycles. The van der Waals surface area contributed by atoms with Crippen LogP contribution in [0.2, 0.25) is 10.0 Å². The average molecular weight is 624 g/mol. The molecule has 0 amide bonds. The second kappa shape index (κ2) is 14.0. The number of anilines is 1. The van der Waals surface area contributed by atoms with Crippen LogP contribution in [-0.4, -0.2) is 72.9 Å². The monoisotopic (exact) mass is 622 g/mol. The van der Waals surface area contributed by atoms with Gasteiger partial charge in [0.2, 0.25) is 0 Å². The quantitative estimate of drug-likeness (QED) is 0.219. The average Bonchev–Trinajstić information content (AvgIpc) is 3.80. The minimum Gasteiger partial charge on any atom is -0.381 e. The van der Waals surface area contributed by atoms with Crippen molar-refractivity contribution in [2.45, 2.75) is 52.6 Å². The van der Waals surface area contributed by atoms with Crippen LogP contribution >= 0.6 is 23.2 Å². The van der Waals surface area contributed by atoms with Crippen LogP contribution in [0.5, 0.6) is 0 Å². The number of piperazine rings is 1. The Morgan fingerprint density at radius 1 is 0.884 bits per heavy atom. The first-order valence-corrected chi connectivity index (χ1v) is 15.8. The number of hydrogen-bond acceptors (Lipinski definition) is 7. The molecule has 0 spiro atoms. The number of hydrogen-bond donors (Lipinski definition) is 0. The van der Waals surface area contributed by atoms with Crippen LogP contribution in [0, 0.1) is 6.92 Å². The summed E-state index contributed by atoms with van der Waals surface area (Å²) in [5, 5.41) is 9.79. The number of aryl methyl sites for hydroxylation is 2. The van der Waals surface area contributed by atoms with E-state index in [0.29, 0.717) is 5.78 Å². The standard InChI is InChI=1S/C26H26Cl2N8.C4H8O.C2H6/c1-16-14-34(23(18-4-8-20(27)9-5-18)19-6-10-21(28)11-7-19)12-13-35(16)24-22-25(33(3)17(2)30-22)36-15-29-32-26(36)31-24;1-2-4-5-3-1;1-2/h4-11,15-16,23H,12-14H2,1-3H3;1-4H2;1-2H3. The van der Waals surface area contributed by atoms with Gasteiger partial charge in [0.25, 0.3) is 5.78 Å². The van der Waals surface area contributed by atoms with Crippen LogP contribution in [0.15, 0.2) is 54.9 Å². The fourth-order valence-corrected chi connectivity index (χ4v) is 6.03. The fraction of sp³-hybridized carbons (Fsp3) is 0.438. The summed E-state index contributed by atoms with van der Waals surface area (Å²) in [7, 11) is 2.01. The van der Waals surface area contributed by atoms with Gasteiger partial charge in [0.1, 0.15) is 17.7 Å². The molecule has 0 aliphatic carbocycles. The van der Waals surface area contributed by atoms with Crippen LogP contribution in [0.4, 0.5) is 5.82 Å². The van der Waals surface area contributed by atoms with Crippen molar-refractivity contribution in [1.82, 2.24) is 34.0 Å². The zero-order valence-electron chi connectivity index (χ0n) is 25.5. The summed E-state index contributed by atoms with van der Waals surface area (Å²) in [6, 6.07) is 16.6. The first-order chi connectivity index (χ1) is 20.9. The Kier molecular flexibility index (Phi) is 10.2. The minimum absolute atomic E-state index is 0.0909. The number of nitrogens with zero attached hydrogens (tertiary/aromatic N) is 8. The Labute approximate surface area is 263 Å². The molecule has 9 nitrogen and oxygen atoms in total. The van der Waals surface area contributed by atoms with E-state index in [-0.39, 0.29) is 12.1 Å². The van der Waals surface area contributed by atoms with E-state index in [1.165, 1.54) is 24.0 Å². The summed E-state index contributed by atoms with van der Waals surface area (Å²) in [6.07, 6.45) is 4.25. The maximum absolute atomic E-state index is 6.21. The van der Waals surface area contributed by atoms with Gasteiger partial charge in [-0.25, -0.2) is 9.38 Å². The van der Waals surface area contributed by atoms with Gasteiger partial charge in [0, 0.05) is 56.0 Å². The van der Waals surface area contributed by atoms with Crippen LogP contribution in [0.25, 0.3) is 16.9 Å². The molecular weight excluding hydrogens is 583 g/mol. The highest BCUT2D eigenvalue weighted by Gasteiger charge is 2.33. The van der Waals surface area contributed by atoms with E-state index in [0.717, 1.165) is 65.7 Å². The Balaban J connectivity index is 0.000000471. The molecule has 1 unspecified atom stereocenters. The summed E-state index contributed by atoms with van der Waals surface area (Å²) in [6.45, 7) is 12.8. The Morgan fingerprint density at radius 2 is 1.49 bits per heavy atom. The van der Waals surface area contributed by atoms with Gasteiger partial charge in [-0.1, -0.05) is 61.3 Å². The van der Waals surface area contributed by atoms with Crippen molar-refractivity contribution in [2.75, 3.05) is 37.7 Å². The van der Waals surface area contributed by atoms with Gasteiger partial charge < -0.3 is 14.2 Å². The Morgan fingerprint density at radius 3 is 2.02 bits per heavy atom. The normalized spacial score (nSPS) is 17.2. The lowest BCUT2D eigenvalue weighted by molar-refractivity contribution is 0.187. The van der Waals surface area contributed by atoms with Gasteiger partial charge in [-0.3, -0.25) is 4.90 Å². The van der Waals surface area contributed by atoms with E-state index in [4.69, 9.17) is 37.9 Å². The maximum Gasteiger partial charge on any atom is 0.258 e. The van der Waals surface area contributed by atoms with Gasteiger partial charge in [-0.05, 0) is 62.1 Å². The fourth-order valence-electron chi connectivity index (χ4n) is 5.78. The summed E-state index contributed by atoms with van der Waals surface area (Å²) < 4.78 is 8.91. The van der Waals surface area contributed by atoms with Crippen molar-refractivity contribution in [3.8, 4) is 0 Å². The molecule has 0 radical (unpaired) electrons. The number of benzene rings is 2. The van der Waals surface area contributed by atoms with Crippen molar-refractivity contribution in [3.63, 3.8) is 0 Å². The summed E-state index contributed by atoms with van der Waals surface area (Å²) in [5.74, 6) is 2.36. The predicted molar refractivity (Wildman–Crippen MR) is 174 cm³/mol. The molecule has 11 heteroatoms. The Bertz CT molecular complexity index is 1580. The van der Waals surface area contributed by atoms with Crippen molar-refractivity contribution in [1.29, 1.82) is 0 Å². The van der Waals surface area contributed by atoms with Crippen molar-refractivity contribution in [3.05, 3.63) is 81.9 Å². The number of rotatable bonds is 4. The van der Waals surface area contributed by atoms with Gasteiger partial charge in [-0.2, -0.15) is 4.98 Å². The zero-order valence-corrected chi connectivity index (χ0v) is 27.1. The van der Waals surface area contributed by atoms with E-state index in [1.807, 2.05) is 56.5 Å². The largest absolute Gasteiger partial charge is 0.381 e. The molecule has 2 saturated heterocycles. The third-order valence-electron chi connectivity index (χ3n) is 7.96.